The predicted octanol–water partition coefficient (Wildman–Crippen LogP) is 3.08. The minimum absolute atomic E-state index is 0.0745. The number of aryl methyl sites for hydroxylation is 3. The molecular weight excluding hydrogens is 344 g/mol. The number of carboxylic acids is 1. The van der Waals surface area contributed by atoms with Crippen molar-refractivity contribution in [1.29, 1.82) is 0 Å². The second-order valence-electron chi connectivity index (χ2n) is 6.46. The van der Waals surface area contributed by atoms with E-state index in [0.29, 0.717) is 24.1 Å². The van der Waals surface area contributed by atoms with E-state index in [1.54, 1.807) is 24.3 Å². The molecule has 0 aliphatic carbocycles. The minimum atomic E-state index is -0.964. The molecule has 0 unspecified atom stereocenters. The summed E-state index contributed by atoms with van der Waals surface area (Å²) in [6, 6.07) is 12.7. The van der Waals surface area contributed by atoms with Crippen molar-refractivity contribution in [2.75, 3.05) is 11.9 Å². The van der Waals surface area contributed by atoms with Crippen LogP contribution in [0.15, 0.2) is 42.5 Å². The monoisotopic (exact) mass is 368 g/mol. The second kappa shape index (κ2) is 9.52. The standard InChI is InChI=1S/C21H24N2O4/c1-14-3-4-16(15(2)13-14)7-10-19(24)23-18-8-5-17(6-9-18)21(27)22-12-11-20(25)26/h3-6,8-9,13H,7,10-12H2,1-2H3,(H,22,27)(H,23,24)(H,25,26). The van der Waals surface area contributed by atoms with Crippen LogP contribution >= 0.6 is 0 Å². The first-order valence-corrected chi connectivity index (χ1v) is 8.81. The number of amides is 2. The quantitative estimate of drug-likeness (QED) is 0.667. The number of carboxylic acid groups (broad SMARTS) is 1. The fraction of sp³-hybridized carbons (Fsp3) is 0.286. The Labute approximate surface area is 158 Å². The Kier molecular flexibility index (Phi) is 7.11. The molecule has 0 saturated carbocycles. The van der Waals surface area contributed by atoms with Gasteiger partial charge in [-0.25, -0.2) is 0 Å². The summed E-state index contributed by atoms with van der Waals surface area (Å²) in [5, 5.41) is 13.9. The highest BCUT2D eigenvalue weighted by atomic mass is 16.4. The molecule has 3 N–H and O–H groups in total. The largest absolute Gasteiger partial charge is 0.481 e. The Morgan fingerprint density at radius 3 is 2.30 bits per heavy atom. The van der Waals surface area contributed by atoms with Crippen LogP contribution in [0.4, 0.5) is 5.69 Å². The van der Waals surface area contributed by atoms with Crippen LogP contribution in [0.3, 0.4) is 0 Å². The Morgan fingerprint density at radius 2 is 1.67 bits per heavy atom. The van der Waals surface area contributed by atoms with Crippen molar-refractivity contribution in [3.8, 4) is 0 Å². The van der Waals surface area contributed by atoms with E-state index in [1.165, 1.54) is 11.1 Å². The number of carbonyl (C=O) groups excluding carboxylic acids is 2. The summed E-state index contributed by atoms with van der Waals surface area (Å²) in [5.41, 5.74) is 4.56. The summed E-state index contributed by atoms with van der Waals surface area (Å²) < 4.78 is 0. The van der Waals surface area contributed by atoms with Gasteiger partial charge in [-0.15, -0.1) is 0 Å². The molecule has 142 valence electrons. The SMILES string of the molecule is Cc1ccc(CCC(=O)Nc2ccc(C(=O)NCCC(=O)O)cc2)c(C)c1. The van der Waals surface area contributed by atoms with Gasteiger partial charge < -0.3 is 15.7 Å². The summed E-state index contributed by atoms with van der Waals surface area (Å²) in [4.78, 5) is 34.5. The number of hydrogen-bond acceptors (Lipinski definition) is 3. The van der Waals surface area contributed by atoms with E-state index >= 15 is 0 Å². The number of aliphatic carboxylic acids is 1. The molecular formula is C21H24N2O4. The van der Waals surface area contributed by atoms with Gasteiger partial charge in [-0.05, 0) is 55.7 Å². The zero-order chi connectivity index (χ0) is 19.8. The molecule has 27 heavy (non-hydrogen) atoms. The van der Waals surface area contributed by atoms with Gasteiger partial charge >= 0.3 is 5.97 Å². The van der Waals surface area contributed by atoms with E-state index in [-0.39, 0.29) is 24.8 Å². The smallest absolute Gasteiger partial charge is 0.305 e. The fourth-order valence-electron chi connectivity index (χ4n) is 2.69. The molecule has 0 aromatic heterocycles. The van der Waals surface area contributed by atoms with Crippen LogP contribution in [-0.4, -0.2) is 29.4 Å². The third-order valence-corrected chi connectivity index (χ3v) is 4.17. The normalized spacial score (nSPS) is 10.3. The molecule has 6 nitrogen and oxygen atoms in total. The summed E-state index contributed by atoms with van der Waals surface area (Å²) in [5.74, 6) is -1.40. The lowest BCUT2D eigenvalue weighted by Gasteiger charge is -2.09. The lowest BCUT2D eigenvalue weighted by atomic mass is 10.0. The number of rotatable bonds is 8. The third-order valence-electron chi connectivity index (χ3n) is 4.17. The van der Waals surface area contributed by atoms with Crippen LogP contribution in [0.2, 0.25) is 0 Å². The van der Waals surface area contributed by atoms with E-state index in [4.69, 9.17) is 5.11 Å². The summed E-state index contributed by atoms with van der Waals surface area (Å²) in [7, 11) is 0. The zero-order valence-electron chi connectivity index (χ0n) is 15.5. The first-order chi connectivity index (χ1) is 12.8. The van der Waals surface area contributed by atoms with Crippen LogP contribution < -0.4 is 10.6 Å². The van der Waals surface area contributed by atoms with Gasteiger partial charge in [-0.3, -0.25) is 14.4 Å². The third kappa shape index (κ3) is 6.58. The Balaban J connectivity index is 1.83. The average molecular weight is 368 g/mol. The summed E-state index contributed by atoms with van der Waals surface area (Å²) in [6.07, 6.45) is 0.920. The topological polar surface area (TPSA) is 95.5 Å². The number of benzene rings is 2. The highest BCUT2D eigenvalue weighted by molar-refractivity contribution is 5.96. The lowest BCUT2D eigenvalue weighted by molar-refractivity contribution is -0.136. The van der Waals surface area contributed by atoms with Crippen LogP contribution in [-0.2, 0) is 16.0 Å². The number of anilines is 1. The minimum Gasteiger partial charge on any atom is -0.481 e. The lowest BCUT2D eigenvalue weighted by Crippen LogP contribution is -2.25. The Bertz CT molecular complexity index is 829. The van der Waals surface area contributed by atoms with Crippen molar-refractivity contribution in [3.05, 3.63) is 64.7 Å². The highest BCUT2D eigenvalue weighted by Crippen LogP contribution is 2.14. The molecule has 2 aromatic rings. The van der Waals surface area contributed by atoms with E-state index in [0.717, 1.165) is 5.56 Å². The highest BCUT2D eigenvalue weighted by Gasteiger charge is 2.08. The molecule has 0 bridgehead atoms. The van der Waals surface area contributed by atoms with Gasteiger partial charge in [0.05, 0.1) is 6.42 Å². The van der Waals surface area contributed by atoms with Crippen molar-refractivity contribution in [1.82, 2.24) is 5.32 Å². The molecule has 0 aliphatic rings. The Hall–Kier alpha value is -3.15. The van der Waals surface area contributed by atoms with Crippen LogP contribution in [0, 0.1) is 13.8 Å². The van der Waals surface area contributed by atoms with E-state index in [1.807, 2.05) is 19.9 Å². The van der Waals surface area contributed by atoms with Crippen molar-refractivity contribution >= 4 is 23.5 Å². The maximum Gasteiger partial charge on any atom is 0.305 e. The molecule has 0 atom stereocenters. The van der Waals surface area contributed by atoms with Gasteiger partial charge in [0.25, 0.3) is 5.91 Å². The van der Waals surface area contributed by atoms with Crippen molar-refractivity contribution in [3.63, 3.8) is 0 Å². The van der Waals surface area contributed by atoms with E-state index in [2.05, 4.69) is 22.8 Å². The molecule has 0 radical (unpaired) electrons. The van der Waals surface area contributed by atoms with Gasteiger partial charge in [-0.2, -0.15) is 0 Å². The molecule has 2 aromatic carbocycles. The fourth-order valence-corrected chi connectivity index (χ4v) is 2.69. The predicted molar refractivity (Wildman–Crippen MR) is 104 cm³/mol. The molecule has 6 heteroatoms. The molecule has 0 spiro atoms. The first kappa shape index (κ1) is 20.2. The van der Waals surface area contributed by atoms with Gasteiger partial charge in [-0.1, -0.05) is 23.8 Å². The van der Waals surface area contributed by atoms with Gasteiger partial charge in [0.1, 0.15) is 0 Å². The number of hydrogen-bond donors (Lipinski definition) is 3. The first-order valence-electron chi connectivity index (χ1n) is 8.81. The number of nitrogens with one attached hydrogen (secondary N) is 2. The van der Waals surface area contributed by atoms with E-state index in [9.17, 15) is 14.4 Å². The van der Waals surface area contributed by atoms with Crippen LogP contribution in [0.5, 0.6) is 0 Å². The van der Waals surface area contributed by atoms with Crippen molar-refractivity contribution in [2.45, 2.75) is 33.1 Å². The Morgan fingerprint density at radius 1 is 0.963 bits per heavy atom. The van der Waals surface area contributed by atoms with E-state index < -0.39 is 5.97 Å². The summed E-state index contributed by atoms with van der Waals surface area (Å²) in [6.45, 7) is 4.16. The molecule has 0 heterocycles. The summed E-state index contributed by atoms with van der Waals surface area (Å²) >= 11 is 0. The maximum absolute atomic E-state index is 12.1. The average Bonchev–Trinajstić information content (AvgIpc) is 2.61. The van der Waals surface area contributed by atoms with Crippen LogP contribution in [0.25, 0.3) is 0 Å². The van der Waals surface area contributed by atoms with Gasteiger partial charge in [0, 0.05) is 24.2 Å². The zero-order valence-corrected chi connectivity index (χ0v) is 15.5. The van der Waals surface area contributed by atoms with Crippen molar-refractivity contribution < 1.29 is 19.5 Å². The molecule has 0 aliphatic heterocycles. The molecule has 0 fully saturated rings. The van der Waals surface area contributed by atoms with Crippen LogP contribution in [0.1, 0.15) is 39.9 Å². The van der Waals surface area contributed by atoms with Gasteiger partial charge in [0.15, 0.2) is 0 Å². The van der Waals surface area contributed by atoms with Gasteiger partial charge in [0.2, 0.25) is 5.91 Å². The molecule has 2 rings (SSSR count). The number of carbonyl (C=O) groups is 3. The molecule has 2 amide bonds. The molecule has 0 saturated heterocycles. The van der Waals surface area contributed by atoms with Crippen molar-refractivity contribution in [2.24, 2.45) is 0 Å². The maximum atomic E-state index is 12.1. The second-order valence-corrected chi connectivity index (χ2v) is 6.46.